The highest BCUT2D eigenvalue weighted by Gasteiger charge is 2.64. The molecule has 1 spiro atoms. The first-order valence-corrected chi connectivity index (χ1v) is 15.7. The van der Waals surface area contributed by atoms with Gasteiger partial charge < -0.3 is 25.5 Å². The molecule has 1 aromatic carbocycles. The zero-order valence-corrected chi connectivity index (χ0v) is 26.5. The largest absolute Gasteiger partial charge is 0.508 e. The van der Waals surface area contributed by atoms with Crippen molar-refractivity contribution in [2.45, 2.75) is 97.2 Å². The van der Waals surface area contributed by atoms with Crippen LogP contribution in [0.3, 0.4) is 0 Å². The van der Waals surface area contributed by atoms with Crippen LogP contribution in [0, 0.1) is 17.3 Å². The molecule has 0 unspecified atom stereocenters. The molecular weight excluding hydrogens is 540 g/mol. The lowest BCUT2D eigenvalue weighted by Crippen LogP contribution is -2.59. The summed E-state index contributed by atoms with van der Waals surface area (Å²) in [7, 11) is 0. The Morgan fingerprint density at radius 1 is 1.12 bits per heavy atom. The fourth-order valence-corrected chi connectivity index (χ4v) is 7.40. The van der Waals surface area contributed by atoms with Gasteiger partial charge in [-0.1, -0.05) is 59.7 Å². The minimum atomic E-state index is -1.19. The Hall–Kier alpha value is -2.77. The van der Waals surface area contributed by atoms with Gasteiger partial charge in [0, 0.05) is 24.4 Å². The van der Waals surface area contributed by atoms with Gasteiger partial charge >= 0.3 is 0 Å². The van der Waals surface area contributed by atoms with Crippen molar-refractivity contribution >= 4 is 5.78 Å². The van der Waals surface area contributed by atoms with Gasteiger partial charge in [-0.25, -0.2) is 0 Å². The molecule has 0 aromatic heterocycles. The Bertz CT molecular complexity index is 1240. The summed E-state index contributed by atoms with van der Waals surface area (Å²) in [5, 5.41) is 53.8. The smallest absolute Gasteiger partial charge is 0.162 e. The second-order valence-electron chi connectivity index (χ2n) is 13.0. The maximum atomic E-state index is 13.5. The normalized spacial score (nSPS) is 28.8. The van der Waals surface area contributed by atoms with E-state index in [1.165, 1.54) is 5.57 Å². The van der Waals surface area contributed by atoms with Gasteiger partial charge in [0.25, 0.3) is 0 Å². The molecule has 236 valence electrons. The number of allylic oxidation sites excluding steroid dienone is 8. The van der Waals surface area contributed by atoms with E-state index in [0.717, 1.165) is 29.6 Å². The van der Waals surface area contributed by atoms with E-state index in [-0.39, 0.29) is 43.0 Å². The van der Waals surface area contributed by atoms with E-state index < -0.39 is 17.1 Å². The van der Waals surface area contributed by atoms with Crippen LogP contribution in [0.25, 0.3) is 0 Å². The minimum absolute atomic E-state index is 0.0217. The molecule has 5 N–H and O–H groups in total. The molecule has 5 atom stereocenters. The van der Waals surface area contributed by atoms with Gasteiger partial charge in [-0.2, -0.15) is 0 Å². The van der Waals surface area contributed by atoms with Crippen LogP contribution in [-0.2, 0) is 11.2 Å². The Labute approximate surface area is 257 Å². The zero-order valence-electron chi connectivity index (χ0n) is 26.5. The van der Waals surface area contributed by atoms with E-state index in [0.29, 0.717) is 49.7 Å². The topological polar surface area (TPSA) is 118 Å². The number of rotatable bonds is 13. The van der Waals surface area contributed by atoms with Gasteiger partial charge in [0.15, 0.2) is 5.78 Å². The number of benzene rings is 1. The Morgan fingerprint density at radius 2 is 1.81 bits per heavy atom. The first-order chi connectivity index (χ1) is 20.4. The summed E-state index contributed by atoms with van der Waals surface area (Å²) in [4.78, 5) is 13.5. The fourth-order valence-electron chi connectivity index (χ4n) is 7.40. The lowest BCUT2D eigenvalue weighted by molar-refractivity contribution is -0.167. The maximum Gasteiger partial charge on any atom is 0.162 e. The van der Waals surface area contributed by atoms with Gasteiger partial charge in [0.05, 0.1) is 18.3 Å². The fraction of sp³-hybridized carbons (Fsp3) is 0.541. The average molecular weight is 593 g/mol. The van der Waals surface area contributed by atoms with Gasteiger partial charge in [-0.05, 0) is 114 Å². The Morgan fingerprint density at radius 3 is 2.44 bits per heavy atom. The number of carbonyl (C=O) groups is 1. The molecule has 6 nitrogen and oxygen atoms in total. The quantitative estimate of drug-likeness (QED) is 0.104. The molecule has 3 rings (SSSR count). The van der Waals surface area contributed by atoms with Crippen molar-refractivity contribution in [3.63, 3.8) is 0 Å². The van der Waals surface area contributed by atoms with Crippen LogP contribution < -0.4 is 0 Å². The molecule has 6 heteroatoms. The summed E-state index contributed by atoms with van der Waals surface area (Å²) in [5.41, 5.74) is 3.25. The molecule has 0 heterocycles. The zero-order chi connectivity index (χ0) is 31.8. The van der Waals surface area contributed by atoms with E-state index in [1.54, 1.807) is 31.2 Å². The third kappa shape index (κ3) is 8.04. The minimum Gasteiger partial charge on any atom is -0.508 e. The SMILES string of the molecule is C=C(C=CC=C(CO)[C@@H]1CC[C@@]2([C@H](CCCO)C(=C(C)C(=O)Cc3ccc(O)cc3)CC[C@@]2(C)O)[C@@H]1O)CCC=C(C)C. The molecule has 0 aliphatic heterocycles. The number of ketones is 1. The van der Waals surface area contributed by atoms with Gasteiger partial charge in [0.1, 0.15) is 5.75 Å². The summed E-state index contributed by atoms with van der Waals surface area (Å²) in [6.07, 6.45) is 12.0. The monoisotopic (exact) mass is 592 g/mol. The molecular formula is C37H52O6. The lowest BCUT2D eigenvalue weighted by atomic mass is 9.52. The molecule has 0 saturated heterocycles. The number of carbonyl (C=O) groups excluding carboxylic acids is 1. The second kappa shape index (κ2) is 15.3. The number of aromatic hydroxyl groups is 1. The summed E-state index contributed by atoms with van der Waals surface area (Å²) in [6.45, 7) is 11.7. The molecule has 0 bridgehead atoms. The number of aliphatic hydroxyl groups excluding tert-OH is 3. The van der Waals surface area contributed by atoms with Crippen LogP contribution in [0.5, 0.6) is 5.75 Å². The third-order valence-electron chi connectivity index (χ3n) is 9.88. The molecule has 0 radical (unpaired) electrons. The van der Waals surface area contributed by atoms with Crippen molar-refractivity contribution in [2.75, 3.05) is 13.2 Å². The highest BCUT2D eigenvalue weighted by molar-refractivity contribution is 5.97. The predicted molar refractivity (Wildman–Crippen MR) is 172 cm³/mol. The molecule has 0 amide bonds. The number of phenols is 1. The van der Waals surface area contributed by atoms with Crippen molar-refractivity contribution in [3.8, 4) is 5.75 Å². The Kier molecular flexibility index (Phi) is 12.3. The number of Topliss-reactive ketones (excluding diaryl/α,β-unsaturated/α-hetero) is 1. The van der Waals surface area contributed by atoms with Crippen molar-refractivity contribution in [3.05, 3.63) is 88.6 Å². The highest BCUT2D eigenvalue weighted by atomic mass is 16.3. The number of aliphatic hydroxyl groups is 4. The van der Waals surface area contributed by atoms with Crippen molar-refractivity contribution < 1.29 is 30.3 Å². The molecule has 2 aliphatic carbocycles. The third-order valence-corrected chi connectivity index (χ3v) is 9.88. The first-order valence-electron chi connectivity index (χ1n) is 15.7. The molecule has 1 aromatic rings. The number of phenolic OH excluding ortho intramolecular Hbond substituents is 1. The second-order valence-corrected chi connectivity index (χ2v) is 13.0. The molecule has 2 saturated carbocycles. The van der Waals surface area contributed by atoms with Crippen LogP contribution in [0.1, 0.15) is 84.6 Å². The predicted octanol–water partition coefficient (Wildman–Crippen LogP) is 6.29. The van der Waals surface area contributed by atoms with Crippen LogP contribution in [-0.4, -0.2) is 56.2 Å². The van der Waals surface area contributed by atoms with E-state index >= 15 is 0 Å². The lowest BCUT2D eigenvalue weighted by Gasteiger charge is -2.55. The first kappa shape index (κ1) is 34.7. The molecule has 43 heavy (non-hydrogen) atoms. The number of hydrogen-bond acceptors (Lipinski definition) is 6. The van der Waals surface area contributed by atoms with Crippen molar-refractivity contribution in [2.24, 2.45) is 17.3 Å². The van der Waals surface area contributed by atoms with Gasteiger partial charge in [-0.15, -0.1) is 0 Å². The molecule has 2 aliphatic rings. The van der Waals surface area contributed by atoms with E-state index in [4.69, 9.17) is 0 Å². The summed E-state index contributed by atoms with van der Waals surface area (Å²) in [5.74, 6) is -0.518. The van der Waals surface area contributed by atoms with E-state index in [9.17, 15) is 30.3 Å². The summed E-state index contributed by atoms with van der Waals surface area (Å²) in [6, 6.07) is 6.61. The van der Waals surface area contributed by atoms with Crippen molar-refractivity contribution in [1.82, 2.24) is 0 Å². The van der Waals surface area contributed by atoms with Gasteiger partial charge in [0.2, 0.25) is 0 Å². The summed E-state index contributed by atoms with van der Waals surface area (Å²) >= 11 is 0. The van der Waals surface area contributed by atoms with Crippen LogP contribution in [0.2, 0.25) is 0 Å². The number of hydrogen-bond donors (Lipinski definition) is 5. The maximum absolute atomic E-state index is 13.5. The van der Waals surface area contributed by atoms with Crippen LogP contribution >= 0.6 is 0 Å². The summed E-state index contributed by atoms with van der Waals surface area (Å²) < 4.78 is 0. The van der Waals surface area contributed by atoms with Gasteiger partial charge in [-0.3, -0.25) is 4.79 Å². The Balaban J connectivity index is 1.93. The average Bonchev–Trinajstić information content (AvgIpc) is 3.30. The van der Waals surface area contributed by atoms with E-state index in [2.05, 4.69) is 26.5 Å². The van der Waals surface area contributed by atoms with Crippen molar-refractivity contribution in [1.29, 1.82) is 0 Å². The standard InChI is InChI=1S/C37H52O6/c1-25(2)9-6-10-26(3)11-7-12-29(24-39)32-19-21-37(35(32)42)33(13-8-22-38)31(18-20-36(37,5)43)27(4)34(41)23-28-14-16-30(40)17-15-28/h7,9,11-12,14-17,32-33,35,38-40,42-43H,3,6,8,10,13,18-24H2,1-2,4-5H3/t32-,33+,35+,36+,37+/m0/s1. The van der Waals surface area contributed by atoms with Crippen LogP contribution in [0.4, 0.5) is 0 Å². The van der Waals surface area contributed by atoms with Crippen LogP contribution in [0.15, 0.2) is 83.0 Å². The van der Waals surface area contributed by atoms with E-state index in [1.807, 2.05) is 25.2 Å². The molecule has 2 fully saturated rings. The highest BCUT2D eigenvalue weighted by Crippen LogP contribution is 2.63.